The molecule has 8 aromatic rings. The first-order valence-corrected chi connectivity index (χ1v) is 12.7. The lowest BCUT2D eigenvalue weighted by Gasteiger charge is -2.14. The van der Waals surface area contributed by atoms with Crippen LogP contribution in [0.5, 0.6) is 0 Å². The van der Waals surface area contributed by atoms with Crippen LogP contribution in [0.1, 0.15) is 0 Å². The molecule has 6 aromatic carbocycles. The first kappa shape index (κ1) is 20.3. The number of fused-ring (bicyclic) bond motifs is 10. The molecule has 37 heavy (non-hydrogen) atoms. The molecule has 0 fully saturated rings. The lowest BCUT2D eigenvalue weighted by Crippen LogP contribution is -1.98. The second-order valence-corrected chi connectivity index (χ2v) is 9.60. The highest BCUT2D eigenvalue weighted by Gasteiger charge is 2.20. The van der Waals surface area contributed by atoms with Gasteiger partial charge in [0.1, 0.15) is 5.82 Å². The Bertz CT molecular complexity index is 2120. The van der Waals surface area contributed by atoms with Crippen LogP contribution in [-0.4, -0.2) is 9.55 Å². The summed E-state index contributed by atoms with van der Waals surface area (Å²) in [4.78, 5) is 5.01. The largest absolute Gasteiger partial charge is 0.293 e. The van der Waals surface area contributed by atoms with Gasteiger partial charge < -0.3 is 0 Å². The Hall–Kier alpha value is -4.95. The number of nitrogens with zero attached hydrogens (tertiary/aromatic N) is 2. The van der Waals surface area contributed by atoms with Crippen LogP contribution in [0.2, 0.25) is 0 Å². The van der Waals surface area contributed by atoms with Crippen molar-refractivity contribution in [1.29, 1.82) is 0 Å². The number of rotatable bonds is 2. The van der Waals surface area contributed by atoms with Gasteiger partial charge in [0.25, 0.3) is 0 Å². The number of hydrogen-bond donors (Lipinski definition) is 0. The Morgan fingerprint density at radius 3 is 1.89 bits per heavy atom. The Morgan fingerprint density at radius 1 is 0.432 bits per heavy atom. The molecule has 2 aromatic heterocycles. The summed E-state index contributed by atoms with van der Waals surface area (Å²) in [5.41, 5.74) is 4.67. The van der Waals surface area contributed by atoms with E-state index in [4.69, 9.17) is 4.98 Å². The zero-order chi connectivity index (χ0) is 24.3. The minimum Gasteiger partial charge on any atom is -0.293 e. The minimum atomic E-state index is 0.927. The second kappa shape index (κ2) is 7.78. The van der Waals surface area contributed by atoms with Crippen LogP contribution in [0.15, 0.2) is 134 Å². The summed E-state index contributed by atoms with van der Waals surface area (Å²) in [7, 11) is 0. The van der Waals surface area contributed by atoms with Crippen molar-refractivity contribution in [1.82, 2.24) is 9.55 Å². The Morgan fingerprint density at radius 2 is 1.11 bits per heavy atom. The van der Waals surface area contributed by atoms with Gasteiger partial charge in [-0.05, 0) is 50.7 Å². The third-order valence-corrected chi connectivity index (χ3v) is 7.61. The van der Waals surface area contributed by atoms with Gasteiger partial charge in [0.2, 0.25) is 0 Å². The highest BCUT2D eigenvalue weighted by Crippen LogP contribution is 2.44. The van der Waals surface area contributed by atoms with Crippen molar-refractivity contribution in [3.8, 4) is 16.9 Å². The molecule has 0 amide bonds. The summed E-state index contributed by atoms with van der Waals surface area (Å²) in [6.45, 7) is 0. The molecule has 2 heteroatoms. The third-order valence-electron chi connectivity index (χ3n) is 7.61. The molecular weight excluding hydrogens is 448 g/mol. The van der Waals surface area contributed by atoms with E-state index in [2.05, 4.69) is 126 Å². The molecule has 8 rings (SSSR count). The zero-order valence-corrected chi connectivity index (χ0v) is 20.1. The maximum absolute atomic E-state index is 5.01. The lowest BCUT2D eigenvalue weighted by molar-refractivity contribution is 1.09. The van der Waals surface area contributed by atoms with E-state index in [1.165, 1.54) is 59.7 Å². The van der Waals surface area contributed by atoms with Gasteiger partial charge in [0.15, 0.2) is 0 Å². The number of hydrogen-bond acceptors (Lipinski definition) is 1. The maximum atomic E-state index is 5.01. The molecule has 0 bridgehead atoms. The molecule has 0 aliphatic rings. The molecule has 0 N–H and O–H groups in total. The molecule has 0 unspecified atom stereocenters. The van der Waals surface area contributed by atoms with Gasteiger partial charge in [0.05, 0.1) is 11.0 Å². The Balaban J connectivity index is 1.56. The van der Waals surface area contributed by atoms with Crippen LogP contribution in [0.4, 0.5) is 0 Å². The van der Waals surface area contributed by atoms with Gasteiger partial charge in [-0.2, -0.15) is 0 Å². The molecule has 0 aliphatic heterocycles. The van der Waals surface area contributed by atoms with Crippen LogP contribution in [0, 0.1) is 0 Å². The summed E-state index contributed by atoms with van der Waals surface area (Å²) < 4.78 is 2.35. The first-order chi connectivity index (χ1) is 18.4. The van der Waals surface area contributed by atoms with E-state index in [1.54, 1.807) is 0 Å². The van der Waals surface area contributed by atoms with E-state index in [9.17, 15) is 0 Å². The fraction of sp³-hybridized carbons (Fsp3) is 0. The second-order valence-electron chi connectivity index (χ2n) is 9.60. The van der Waals surface area contributed by atoms with E-state index >= 15 is 0 Å². The predicted molar refractivity (Wildman–Crippen MR) is 157 cm³/mol. The monoisotopic (exact) mass is 470 g/mol. The molecule has 2 heterocycles. The highest BCUT2D eigenvalue weighted by molar-refractivity contribution is 6.35. The van der Waals surface area contributed by atoms with E-state index < -0.39 is 0 Å². The van der Waals surface area contributed by atoms with Crippen molar-refractivity contribution in [2.75, 3.05) is 0 Å². The summed E-state index contributed by atoms with van der Waals surface area (Å²) in [5, 5.41) is 10.2. The molecule has 172 valence electrons. The molecule has 0 radical (unpaired) electrons. The van der Waals surface area contributed by atoms with Crippen molar-refractivity contribution >= 4 is 54.1 Å². The number of pyridine rings is 1. The summed E-state index contributed by atoms with van der Waals surface area (Å²) in [6, 6.07) is 45.5. The van der Waals surface area contributed by atoms with Crippen LogP contribution < -0.4 is 0 Å². The highest BCUT2D eigenvalue weighted by atomic mass is 15.1. The lowest BCUT2D eigenvalue weighted by atomic mass is 9.93. The number of benzene rings is 6. The smallest absolute Gasteiger partial charge is 0.137 e. The van der Waals surface area contributed by atoms with Gasteiger partial charge in [-0.1, -0.05) is 109 Å². The number of aromatic nitrogens is 2. The Labute approximate surface area is 214 Å². The fourth-order valence-electron chi connectivity index (χ4n) is 6.00. The SMILES string of the molecule is c1ccc(-c2ccc(-n3c4ccccc4c4c5ccccc5c5c6ccccc6ccc5c43)nc2)cc1. The quantitative estimate of drug-likeness (QED) is 0.230. The maximum Gasteiger partial charge on any atom is 0.137 e. The van der Waals surface area contributed by atoms with Crippen LogP contribution in [0.3, 0.4) is 0 Å². The van der Waals surface area contributed by atoms with Crippen molar-refractivity contribution in [2.45, 2.75) is 0 Å². The number of para-hydroxylation sites is 1. The van der Waals surface area contributed by atoms with E-state index in [0.29, 0.717) is 0 Å². The summed E-state index contributed by atoms with van der Waals surface area (Å²) >= 11 is 0. The van der Waals surface area contributed by atoms with Crippen LogP contribution >= 0.6 is 0 Å². The van der Waals surface area contributed by atoms with Gasteiger partial charge in [-0.3, -0.25) is 4.57 Å². The average molecular weight is 471 g/mol. The van der Waals surface area contributed by atoms with Gasteiger partial charge >= 0.3 is 0 Å². The molecule has 0 spiro atoms. The summed E-state index contributed by atoms with van der Waals surface area (Å²) in [5.74, 6) is 0.927. The fourth-order valence-corrected chi connectivity index (χ4v) is 6.00. The van der Waals surface area contributed by atoms with E-state index in [-0.39, 0.29) is 0 Å². The van der Waals surface area contributed by atoms with Crippen molar-refractivity contribution in [3.63, 3.8) is 0 Å². The van der Waals surface area contributed by atoms with E-state index in [0.717, 1.165) is 11.4 Å². The van der Waals surface area contributed by atoms with Crippen molar-refractivity contribution < 1.29 is 0 Å². The topological polar surface area (TPSA) is 17.8 Å². The molecule has 2 nitrogen and oxygen atoms in total. The normalized spacial score (nSPS) is 11.8. The molecule has 0 saturated carbocycles. The summed E-state index contributed by atoms with van der Waals surface area (Å²) in [6.07, 6.45) is 1.99. The van der Waals surface area contributed by atoms with Gasteiger partial charge in [0, 0.05) is 27.9 Å². The van der Waals surface area contributed by atoms with Crippen LogP contribution in [0.25, 0.3) is 71.1 Å². The Kier molecular flexibility index (Phi) is 4.26. The molecular formula is C35H22N2. The molecule has 0 aliphatic carbocycles. The van der Waals surface area contributed by atoms with Crippen molar-refractivity contribution in [3.05, 3.63) is 134 Å². The average Bonchev–Trinajstić information content (AvgIpc) is 3.33. The van der Waals surface area contributed by atoms with Gasteiger partial charge in [-0.25, -0.2) is 4.98 Å². The van der Waals surface area contributed by atoms with E-state index in [1.807, 2.05) is 12.3 Å². The molecule has 0 atom stereocenters. The van der Waals surface area contributed by atoms with Gasteiger partial charge in [-0.15, -0.1) is 0 Å². The standard InChI is InChI=1S/C35H22N2/c1-2-10-23(11-3-1)25-19-21-32(36-22-25)37-31-17-9-8-16-29(31)34-28-15-7-6-14-27(28)33-26-13-5-4-12-24(26)18-20-30(33)35(34)37/h1-22H. The van der Waals surface area contributed by atoms with Crippen LogP contribution in [-0.2, 0) is 0 Å². The minimum absolute atomic E-state index is 0.927. The third kappa shape index (κ3) is 2.90. The zero-order valence-electron chi connectivity index (χ0n) is 20.1. The predicted octanol–water partition coefficient (Wildman–Crippen LogP) is 9.31. The molecule has 0 saturated heterocycles. The first-order valence-electron chi connectivity index (χ1n) is 12.7. The van der Waals surface area contributed by atoms with Crippen molar-refractivity contribution in [2.24, 2.45) is 0 Å².